The van der Waals surface area contributed by atoms with Crippen LogP contribution in [0.1, 0.15) is 27.7 Å². The van der Waals surface area contributed by atoms with E-state index >= 15 is 0 Å². The molecule has 14 heavy (non-hydrogen) atoms. The Kier molecular flexibility index (Phi) is 23.9. The molecular weight excluding hydrogens is 182 g/mol. The van der Waals surface area contributed by atoms with Crippen molar-refractivity contribution in [2.45, 2.75) is 27.7 Å². The quantitative estimate of drug-likeness (QED) is 0.695. The summed E-state index contributed by atoms with van der Waals surface area (Å²) in [4.78, 5) is 10.9. The van der Waals surface area contributed by atoms with E-state index in [1.807, 2.05) is 6.92 Å². The largest absolute Gasteiger partial charge is 0.503 e. The highest BCUT2D eigenvalue weighted by Gasteiger charge is 1.89. The monoisotopic (exact) mass is 205 g/mol. The van der Waals surface area contributed by atoms with Crippen LogP contribution in [0.4, 0.5) is 4.79 Å². The van der Waals surface area contributed by atoms with Crippen molar-refractivity contribution >= 4 is 6.16 Å². The predicted molar refractivity (Wildman–Crippen MR) is 60.0 cm³/mol. The molecule has 0 aliphatic heterocycles. The maximum atomic E-state index is 8.56. The first-order chi connectivity index (χ1) is 6.49. The molecule has 0 heterocycles. The molecule has 0 aromatic rings. The molecule has 0 saturated carbocycles. The van der Waals surface area contributed by atoms with Crippen molar-refractivity contribution in [3.05, 3.63) is 12.7 Å². The molecule has 0 atom stereocenters. The summed E-state index contributed by atoms with van der Waals surface area (Å²) in [5, 5.41) is 13.9. The third kappa shape index (κ3) is 44.1. The van der Waals surface area contributed by atoms with Gasteiger partial charge in [0.2, 0.25) is 0 Å². The van der Waals surface area contributed by atoms with Crippen LogP contribution in [0.25, 0.3) is 0 Å². The van der Waals surface area contributed by atoms with Crippen LogP contribution in [0.3, 0.4) is 0 Å². The van der Waals surface area contributed by atoms with Gasteiger partial charge in [0.05, 0.1) is 0 Å². The van der Waals surface area contributed by atoms with E-state index in [4.69, 9.17) is 15.0 Å². The zero-order valence-corrected chi connectivity index (χ0v) is 9.66. The van der Waals surface area contributed by atoms with Gasteiger partial charge in [-0.2, -0.15) is 0 Å². The van der Waals surface area contributed by atoms with Crippen molar-refractivity contribution in [2.75, 3.05) is 19.6 Å². The minimum absolute atomic E-state index is 1.19. The van der Waals surface area contributed by atoms with Crippen LogP contribution in [-0.2, 0) is 0 Å². The van der Waals surface area contributed by atoms with Crippen LogP contribution in [0, 0.1) is 0 Å². The van der Waals surface area contributed by atoms with Crippen molar-refractivity contribution < 1.29 is 15.0 Å². The highest BCUT2D eigenvalue weighted by molar-refractivity contribution is 5.53. The van der Waals surface area contributed by atoms with Crippen molar-refractivity contribution in [3.63, 3.8) is 0 Å². The van der Waals surface area contributed by atoms with Crippen LogP contribution in [-0.4, -0.2) is 40.9 Å². The van der Waals surface area contributed by atoms with Gasteiger partial charge in [0.1, 0.15) is 0 Å². The summed E-state index contributed by atoms with van der Waals surface area (Å²) >= 11 is 0. The molecule has 0 aromatic carbocycles. The Morgan fingerprint density at radius 3 is 1.36 bits per heavy atom. The van der Waals surface area contributed by atoms with Crippen molar-refractivity contribution in [3.8, 4) is 0 Å². The lowest BCUT2D eigenvalue weighted by molar-refractivity contribution is 0.137. The van der Waals surface area contributed by atoms with Gasteiger partial charge in [0.25, 0.3) is 0 Å². The number of carboxylic acid groups (broad SMARTS) is 2. The maximum Gasteiger partial charge on any atom is 0.503 e. The minimum atomic E-state index is -1.83. The summed E-state index contributed by atoms with van der Waals surface area (Å²) in [7, 11) is 0. The van der Waals surface area contributed by atoms with E-state index in [1.165, 1.54) is 19.6 Å². The Morgan fingerprint density at radius 1 is 1.21 bits per heavy atom. The van der Waals surface area contributed by atoms with E-state index in [1.54, 1.807) is 6.08 Å². The lowest BCUT2D eigenvalue weighted by atomic mass is 10.5. The molecular formula is C10H23NO3. The van der Waals surface area contributed by atoms with Crippen LogP contribution in [0.5, 0.6) is 0 Å². The summed E-state index contributed by atoms with van der Waals surface area (Å²) in [5.74, 6) is 0. The molecule has 4 heteroatoms. The summed E-state index contributed by atoms with van der Waals surface area (Å²) in [6, 6.07) is 0. The summed E-state index contributed by atoms with van der Waals surface area (Å²) in [6.07, 6.45) is -0.0833. The van der Waals surface area contributed by atoms with E-state index in [9.17, 15) is 0 Å². The van der Waals surface area contributed by atoms with Crippen molar-refractivity contribution in [1.29, 1.82) is 0 Å². The molecule has 0 saturated heterocycles. The molecule has 0 spiro atoms. The standard InChI is InChI=1S/C6H15N.C3H6.CH2O3/c1-4-7(5-2)6-3;1-3-2;2-1(3)4/h4-6H2,1-3H3;3H,1H2,2H3;(H2,2,3,4). The molecule has 0 aliphatic rings. The van der Waals surface area contributed by atoms with Gasteiger partial charge in [-0.3, -0.25) is 0 Å². The molecule has 0 rings (SSSR count). The highest BCUT2D eigenvalue weighted by Crippen LogP contribution is 1.81. The molecule has 0 aliphatic carbocycles. The fraction of sp³-hybridized carbons (Fsp3) is 0.700. The van der Waals surface area contributed by atoms with Gasteiger partial charge in [-0.1, -0.05) is 26.8 Å². The lowest BCUT2D eigenvalue weighted by Crippen LogP contribution is -2.21. The Balaban J connectivity index is -0.000000147. The first-order valence-electron chi connectivity index (χ1n) is 4.71. The number of hydrogen-bond donors (Lipinski definition) is 2. The van der Waals surface area contributed by atoms with Gasteiger partial charge in [-0.25, -0.2) is 4.79 Å². The first kappa shape index (κ1) is 18.7. The molecule has 0 radical (unpaired) electrons. The Morgan fingerprint density at radius 2 is 1.36 bits per heavy atom. The topological polar surface area (TPSA) is 60.8 Å². The average molecular weight is 205 g/mol. The molecule has 4 nitrogen and oxygen atoms in total. The Bertz CT molecular complexity index is 113. The smallest absolute Gasteiger partial charge is 0.450 e. The third-order valence-electron chi connectivity index (χ3n) is 1.34. The first-order valence-corrected chi connectivity index (χ1v) is 4.71. The van der Waals surface area contributed by atoms with Gasteiger partial charge in [0.15, 0.2) is 0 Å². The summed E-state index contributed by atoms with van der Waals surface area (Å²) in [5.41, 5.74) is 0. The van der Waals surface area contributed by atoms with Gasteiger partial charge in [-0.15, -0.1) is 6.58 Å². The normalized spacial score (nSPS) is 7.79. The summed E-state index contributed by atoms with van der Waals surface area (Å²) in [6.45, 7) is 15.4. The molecule has 0 aromatic heterocycles. The van der Waals surface area contributed by atoms with Crippen molar-refractivity contribution in [2.24, 2.45) is 0 Å². The van der Waals surface area contributed by atoms with E-state index in [2.05, 4.69) is 32.3 Å². The van der Waals surface area contributed by atoms with Crippen LogP contribution in [0.15, 0.2) is 12.7 Å². The fourth-order valence-electron chi connectivity index (χ4n) is 0.671. The second-order valence-corrected chi connectivity index (χ2v) is 2.31. The molecule has 86 valence electrons. The molecule has 0 fully saturated rings. The molecule has 0 bridgehead atoms. The van der Waals surface area contributed by atoms with E-state index in [0.29, 0.717) is 0 Å². The molecule has 2 N–H and O–H groups in total. The maximum absolute atomic E-state index is 8.56. The van der Waals surface area contributed by atoms with Gasteiger partial charge in [0, 0.05) is 0 Å². The van der Waals surface area contributed by atoms with E-state index < -0.39 is 6.16 Å². The number of hydrogen-bond acceptors (Lipinski definition) is 2. The lowest BCUT2D eigenvalue weighted by Gasteiger charge is -2.13. The predicted octanol–water partition coefficient (Wildman–Crippen LogP) is 2.76. The number of carbonyl (C=O) groups is 1. The minimum Gasteiger partial charge on any atom is -0.450 e. The number of rotatable bonds is 3. The average Bonchev–Trinajstić information content (AvgIpc) is 2.08. The second kappa shape index (κ2) is 17.9. The van der Waals surface area contributed by atoms with Gasteiger partial charge < -0.3 is 15.1 Å². The zero-order valence-electron chi connectivity index (χ0n) is 9.66. The van der Waals surface area contributed by atoms with Crippen LogP contribution < -0.4 is 0 Å². The highest BCUT2D eigenvalue weighted by atomic mass is 16.6. The molecule has 0 unspecified atom stereocenters. The number of allylic oxidation sites excluding steroid dienone is 1. The summed E-state index contributed by atoms with van der Waals surface area (Å²) < 4.78 is 0. The van der Waals surface area contributed by atoms with E-state index in [0.717, 1.165) is 0 Å². The van der Waals surface area contributed by atoms with E-state index in [-0.39, 0.29) is 0 Å². The zero-order chi connectivity index (χ0) is 12.0. The number of nitrogens with zero attached hydrogens (tertiary/aromatic N) is 1. The van der Waals surface area contributed by atoms with Crippen molar-refractivity contribution in [1.82, 2.24) is 4.90 Å². The SMILES string of the molecule is C=CC.CCN(CC)CC.O=C(O)O. The van der Waals surface area contributed by atoms with Crippen LogP contribution >= 0.6 is 0 Å². The van der Waals surface area contributed by atoms with Crippen LogP contribution in [0.2, 0.25) is 0 Å². The van der Waals surface area contributed by atoms with Gasteiger partial charge in [-0.05, 0) is 26.6 Å². The molecule has 0 amide bonds. The second-order valence-electron chi connectivity index (χ2n) is 2.31. The fourth-order valence-corrected chi connectivity index (χ4v) is 0.671. The Labute approximate surface area is 86.9 Å². The van der Waals surface area contributed by atoms with Gasteiger partial charge >= 0.3 is 6.16 Å². The third-order valence-corrected chi connectivity index (χ3v) is 1.34. The Hall–Kier alpha value is -1.03.